The number of likely N-dealkylation sites (tertiary alicyclic amines) is 1. The number of aromatic nitrogens is 2. The van der Waals surface area contributed by atoms with Gasteiger partial charge in [0.25, 0.3) is 5.91 Å². The number of nitrogens with zero attached hydrogens (tertiary/aromatic N) is 3. The van der Waals surface area contributed by atoms with E-state index in [0.29, 0.717) is 13.1 Å². The number of carbonyl (C=O) groups excluding carboxylic acids is 1. The Morgan fingerprint density at radius 3 is 2.48 bits per heavy atom. The van der Waals surface area contributed by atoms with Crippen LogP contribution in [-0.4, -0.2) is 33.9 Å². The monoisotopic (exact) mass is 318 g/mol. The van der Waals surface area contributed by atoms with Gasteiger partial charge in [0.05, 0.1) is 0 Å². The van der Waals surface area contributed by atoms with Gasteiger partial charge < -0.3 is 10.2 Å². The summed E-state index contributed by atoms with van der Waals surface area (Å²) in [6, 6.07) is 5.04. The largest absolute Gasteiger partial charge is 0.337 e. The zero-order valence-corrected chi connectivity index (χ0v) is 12.4. The molecule has 0 radical (unpaired) electrons. The van der Waals surface area contributed by atoms with Gasteiger partial charge in [0.1, 0.15) is 23.0 Å². The summed E-state index contributed by atoms with van der Waals surface area (Å²) in [6.45, 7) is 1.40. The van der Waals surface area contributed by atoms with E-state index in [1.54, 1.807) is 4.90 Å². The third kappa shape index (κ3) is 3.44. The Morgan fingerprint density at radius 1 is 1.09 bits per heavy atom. The highest BCUT2D eigenvalue weighted by Gasteiger charge is 2.20. The molecule has 0 aliphatic carbocycles. The molecule has 1 fully saturated rings. The van der Waals surface area contributed by atoms with Gasteiger partial charge in [-0.05, 0) is 37.5 Å². The van der Waals surface area contributed by atoms with Gasteiger partial charge in [-0.2, -0.15) is 0 Å². The van der Waals surface area contributed by atoms with Crippen molar-refractivity contribution in [2.45, 2.75) is 19.3 Å². The number of rotatable bonds is 3. The third-order valence-corrected chi connectivity index (χ3v) is 3.72. The number of amides is 1. The molecule has 120 valence electrons. The van der Waals surface area contributed by atoms with Crippen molar-refractivity contribution in [2.75, 3.05) is 18.4 Å². The van der Waals surface area contributed by atoms with E-state index in [2.05, 4.69) is 15.3 Å². The number of para-hydroxylation sites is 1. The predicted octanol–water partition coefficient (Wildman–Crippen LogP) is 3.12. The Bertz CT molecular complexity index is 697. The molecule has 7 heteroatoms. The molecule has 0 bridgehead atoms. The van der Waals surface area contributed by atoms with Crippen LogP contribution < -0.4 is 5.32 Å². The number of piperidine rings is 1. The van der Waals surface area contributed by atoms with E-state index in [-0.39, 0.29) is 23.2 Å². The molecule has 1 aromatic heterocycles. The lowest BCUT2D eigenvalue weighted by Gasteiger charge is -2.26. The second kappa shape index (κ2) is 6.68. The highest BCUT2D eigenvalue weighted by Crippen LogP contribution is 2.21. The van der Waals surface area contributed by atoms with Crippen LogP contribution in [0.2, 0.25) is 0 Å². The summed E-state index contributed by atoms with van der Waals surface area (Å²) in [5, 5.41) is 2.50. The topological polar surface area (TPSA) is 58.1 Å². The Kier molecular flexibility index (Phi) is 4.45. The van der Waals surface area contributed by atoms with E-state index >= 15 is 0 Å². The maximum Gasteiger partial charge on any atom is 0.272 e. The molecule has 1 aliphatic rings. The van der Waals surface area contributed by atoms with Crippen LogP contribution in [0.3, 0.4) is 0 Å². The molecule has 5 nitrogen and oxygen atoms in total. The quantitative estimate of drug-likeness (QED) is 0.944. The summed E-state index contributed by atoms with van der Waals surface area (Å²) in [5.74, 6) is -1.70. The molecule has 0 unspecified atom stereocenters. The van der Waals surface area contributed by atoms with Gasteiger partial charge >= 0.3 is 0 Å². The fourth-order valence-corrected chi connectivity index (χ4v) is 2.53. The van der Waals surface area contributed by atoms with Gasteiger partial charge in [-0.3, -0.25) is 4.79 Å². The maximum atomic E-state index is 13.7. The van der Waals surface area contributed by atoms with Gasteiger partial charge in [0.2, 0.25) is 5.95 Å². The zero-order valence-electron chi connectivity index (χ0n) is 12.4. The lowest BCUT2D eigenvalue weighted by atomic mass is 10.1. The SMILES string of the molecule is O=C(c1ccnc(Nc2c(F)cccc2F)n1)N1CCCCC1. The van der Waals surface area contributed by atoms with Gasteiger partial charge in [0, 0.05) is 19.3 Å². The molecular weight excluding hydrogens is 302 g/mol. The van der Waals surface area contributed by atoms with Crippen LogP contribution in [0.4, 0.5) is 20.4 Å². The molecule has 0 saturated carbocycles. The van der Waals surface area contributed by atoms with Crippen molar-refractivity contribution in [3.05, 3.63) is 47.8 Å². The number of carbonyl (C=O) groups is 1. The van der Waals surface area contributed by atoms with Gasteiger partial charge in [-0.25, -0.2) is 18.7 Å². The number of anilines is 2. The first kappa shape index (κ1) is 15.3. The molecule has 1 aliphatic heterocycles. The average Bonchev–Trinajstić information content (AvgIpc) is 2.59. The first-order valence-electron chi connectivity index (χ1n) is 7.48. The van der Waals surface area contributed by atoms with Crippen LogP contribution in [-0.2, 0) is 0 Å². The highest BCUT2D eigenvalue weighted by atomic mass is 19.1. The van der Waals surface area contributed by atoms with E-state index in [1.807, 2.05) is 0 Å². The minimum absolute atomic E-state index is 0.0168. The molecule has 2 aromatic rings. The number of nitrogens with one attached hydrogen (secondary N) is 1. The summed E-state index contributed by atoms with van der Waals surface area (Å²) < 4.78 is 27.3. The Balaban J connectivity index is 1.81. The van der Waals surface area contributed by atoms with Gasteiger partial charge in [0.15, 0.2) is 0 Å². The van der Waals surface area contributed by atoms with E-state index in [1.165, 1.54) is 18.3 Å². The summed E-state index contributed by atoms with van der Waals surface area (Å²) in [6.07, 6.45) is 4.46. The molecule has 0 atom stereocenters. The molecule has 0 spiro atoms. The Hall–Kier alpha value is -2.57. The lowest BCUT2D eigenvalue weighted by molar-refractivity contribution is 0.0718. The van der Waals surface area contributed by atoms with Gasteiger partial charge in [-0.1, -0.05) is 6.07 Å². The Labute approximate surface area is 132 Å². The van der Waals surface area contributed by atoms with E-state index in [9.17, 15) is 13.6 Å². The van der Waals surface area contributed by atoms with Crippen LogP contribution in [0.5, 0.6) is 0 Å². The first-order valence-corrected chi connectivity index (χ1v) is 7.48. The first-order chi connectivity index (χ1) is 11.1. The molecule has 3 rings (SSSR count). The van der Waals surface area contributed by atoms with Gasteiger partial charge in [-0.15, -0.1) is 0 Å². The number of halogens is 2. The molecule has 1 amide bonds. The zero-order chi connectivity index (χ0) is 16.2. The number of hydrogen-bond donors (Lipinski definition) is 1. The maximum absolute atomic E-state index is 13.7. The fourth-order valence-electron chi connectivity index (χ4n) is 2.53. The lowest BCUT2D eigenvalue weighted by Crippen LogP contribution is -2.36. The van der Waals surface area contributed by atoms with Crippen molar-refractivity contribution in [3.8, 4) is 0 Å². The van der Waals surface area contributed by atoms with Crippen LogP contribution in [0.25, 0.3) is 0 Å². The minimum Gasteiger partial charge on any atom is -0.337 e. The molecular formula is C16H16F2N4O. The number of hydrogen-bond acceptors (Lipinski definition) is 4. The van der Waals surface area contributed by atoms with E-state index < -0.39 is 11.6 Å². The van der Waals surface area contributed by atoms with E-state index in [0.717, 1.165) is 31.4 Å². The van der Waals surface area contributed by atoms with Crippen molar-refractivity contribution in [1.82, 2.24) is 14.9 Å². The minimum atomic E-state index is -0.749. The van der Waals surface area contributed by atoms with Crippen LogP contribution in [0.1, 0.15) is 29.8 Å². The second-order valence-electron chi connectivity index (χ2n) is 5.34. The molecule has 1 aromatic carbocycles. The van der Waals surface area contributed by atoms with Crippen molar-refractivity contribution >= 4 is 17.5 Å². The predicted molar refractivity (Wildman–Crippen MR) is 81.4 cm³/mol. The fraction of sp³-hybridized carbons (Fsp3) is 0.312. The van der Waals surface area contributed by atoms with Crippen molar-refractivity contribution in [3.63, 3.8) is 0 Å². The number of benzene rings is 1. The van der Waals surface area contributed by atoms with Crippen molar-refractivity contribution in [2.24, 2.45) is 0 Å². The van der Waals surface area contributed by atoms with Crippen LogP contribution in [0.15, 0.2) is 30.5 Å². The summed E-state index contributed by atoms with van der Waals surface area (Å²) in [7, 11) is 0. The van der Waals surface area contributed by atoms with Crippen LogP contribution in [0, 0.1) is 11.6 Å². The smallest absolute Gasteiger partial charge is 0.272 e. The molecule has 23 heavy (non-hydrogen) atoms. The normalized spacial score (nSPS) is 14.6. The summed E-state index contributed by atoms with van der Waals surface area (Å²) in [5.41, 5.74) is -0.129. The van der Waals surface area contributed by atoms with Crippen molar-refractivity contribution in [1.29, 1.82) is 0 Å². The van der Waals surface area contributed by atoms with E-state index in [4.69, 9.17) is 0 Å². The molecule has 1 N–H and O–H groups in total. The standard InChI is InChI=1S/C16H16F2N4O/c17-11-5-4-6-12(18)14(11)21-16-19-8-7-13(20-16)15(23)22-9-2-1-3-10-22/h4-8H,1-3,9-10H2,(H,19,20,21). The molecule has 1 saturated heterocycles. The highest BCUT2D eigenvalue weighted by molar-refractivity contribution is 5.92. The van der Waals surface area contributed by atoms with Crippen LogP contribution >= 0.6 is 0 Å². The second-order valence-corrected chi connectivity index (χ2v) is 5.34. The third-order valence-electron chi connectivity index (χ3n) is 3.72. The summed E-state index contributed by atoms with van der Waals surface area (Å²) in [4.78, 5) is 22.1. The van der Waals surface area contributed by atoms with Crippen molar-refractivity contribution < 1.29 is 13.6 Å². The molecule has 2 heterocycles. The average molecular weight is 318 g/mol. The summed E-state index contributed by atoms with van der Waals surface area (Å²) >= 11 is 0. The Morgan fingerprint density at radius 2 is 1.78 bits per heavy atom.